The zero-order valence-corrected chi connectivity index (χ0v) is 7.59. The molecule has 0 fully saturated rings. The van der Waals surface area contributed by atoms with Crippen LogP contribution >= 0.6 is 0 Å². The zero-order valence-electron chi connectivity index (χ0n) is 7.59. The Labute approximate surface area is 76.8 Å². The van der Waals surface area contributed by atoms with Crippen molar-refractivity contribution in [1.29, 1.82) is 0 Å². The van der Waals surface area contributed by atoms with E-state index in [1.165, 1.54) is 6.92 Å². The smallest absolute Gasteiger partial charge is 0.127 e. The van der Waals surface area contributed by atoms with Crippen molar-refractivity contribution in [2.24, 2.45) is 11.5 Å². The number of rotatable bonds is 5. The third-order valence-electron chi connectivity index (χ3n) is 2.14. The van der Waals surface area contributed by atoms with Gasteiger partial charge < -0.3 is 31.9 Å². The van der Waals surface area contributed by atoms with Crippen molar-refractivity contribution >= 4 is 0 Å². The van der Waals surface area contributed by atoms with Gasteiger partial charge in [0, 0.05) is 6.04 Å². The fourth-order valence-electron chi connectivity index (χ4n) is 0.919. The molecule has 6 heteroatoms. The molecule has 0 aliphatic carbocycles. The molecule has 3 atom stereocenters. The Kier molecular flexibility index (Phi) is 4.76. The molecule has 0 heterocycles. The summed E-state index contributed by atoms with van der Waals surface area (Å²) in [6, 6.07) is -1.98. The van der Waals surface area contributed by atoms with E-state index in [2.05, 4.69) is 0 Å². The van der Waals surface area contributed by atoms with E-state index in [0.29, 0.717) is 0 Å². The molecule has 0 saturated carbocycles. The average Bonchev–Trinajstić information content (AvgIpc) is 2.14. The molecule has 0 bridgehead atoms. The summed E-state index contributed by atoms with van der Waals surface area (Å²) in [5.41, 5.74) is 9.05. The minimum atomic E-state index is -1.85. The van der Waals surface area contributed by atoms with Gasteiger partial charge in [0.2, 0.25) is 0 Å². The van der Waals surface area contributed by atoms with Crippen LogP contribution in [0.3, 0.4) is 0 Å². The van der Waals surface area contributed by atoms with E-state index in [1.54, 1.807) is 0 Å². The Bertz CT molecular complexity index is 149. The van der Waals surface area contributed by atoms with Crippen LogP contribution in [0.5, 0.6) is 0 Å². The van der Waals surface area contributed by atoms with Crippen LogP contribution < -0.4 is 11.5 Å². The predicted molar refractivity (Wildman–Crippen MR) is 46.8 cm³/mol. The van der Waals surface area contributed by atoms with E-state index in [9.17, 15) is 5.11 Å². The molecule has 0 radical (unpaired) electrons. The first-order chi connectivity index (χ1) is 5.89. The molecular formula is C7H18N2O4. The molecule has 80 valence electrons. The normalized spacial score (nSPS) is 19.6. The lowest BCUT2D eigenvalue weighted by Gasteiger charge is -2.35. The molecule has 3 unspecified atom stereocenters. The summed E-state index contributed by atoms with van der Waals surface area (Å²) in [4.78, 5) is 0. The predicted octanol–water partition coefficient (Wildman–Crippen LogP) is -3.26. The minimum absolute atomic E-state index is 0.703. The van der Waals surface area contributed by atoms with Gasteiger partial charge in [0.25, 0.3) is 0 Å². The Morgan fingerprint density at radius 2 is 1.62 bits per heavy atom. The van der Waals surface area contributed by atoms with E-state index in [0.717, 1.165) is 0 Å². The van der Waals surface area contributed by atoms with Crippen molar-refractivity contribution < 1.29 is 20.4 Å². The summed E-state index contributed by atoms with van der Waals surface area (Å²) < 4.78 is 0. The SMILES string of the molecule is CC(O)C(N)C(N)C(O)(CO)CO. The highest BCUT2D eigenvalue weighted by atomic mass is 16.4. The van der Waals surface area contributed by atoms with Crippen LogP contribution in [0.4, 0.5) is 0 Å². The lowest BCUT2D eigenvalue weighted by Crippen LogP contribution is -2.64. The van der Waals surface area contributed by atoms with Gasteiger partial charge in [-0.3, -0.25) is 0 Å². The first-order valence-corrected chi connectivity index (χ1v) is 4.02. The topological polar surface area (TPSA) is 133 Å². The molecule has 0 aliphatic rings. The van der Waals surface area contributed by atoms with Gasteiger partial charge in [0.1, 0.15) is 5.60 Å². The molecule has 0 aliphatic heterocycles. The lowest BCUT2D eigenvalue weighted by atomic mass is 9.89. The van der Waals surface area contributed by atoms with Gasteiger partial charge in [-0.15, -0.1) is 0 Å². The van der Waals surface area contributed by atoms with Crippen LogP contribution in [-0.4, -0.2) is 57.4 Å². The molecule has 0 saturated heterocycles. The third kappa shape index (κ3) is 2.87. The Balaban J connectivity index is 4.45. The summed E-state index contributed by atoms with van der Waals surface area (Å²) in [5.74, 6) is 0. The van der Waals surface area contributed by atoms with Crippen LogP contribution in [-0.2, 0) is 0 Å². The first kappa shape index (κ1) is 12.8. The molecule has 0 aromatic rings. The van der Waals surface area contributed by atoms with Crippen LogP contribution in [0, 0.1) is 0 Å². The molecule has 0 spiro atoms. The summed E-state index contributed by atoms with van der Waals surface area (Å²) in [5, 5.41) is 36.1. The van der Waals surface area contributed by atoms with Crippen molar-refractivity contribution in [3.05, 3.63) is 0 Å². The highest BCUT2D eigenvalue weighted by molar-refractivity contribution is 4.96. The van der Waals surface area contributed by atoms with Crippen molar-refractivity contribution in [2.75, 3.05) is 13.2 Å². The number of hydrogen-bond donors (Lipinski definition) is 6. The monoisotopic (exact) mass is 194 g/mol. The molecule has 13 heavy (non-hydrogen) atoms. The molecule has 0 amide bonds. The summed E-state index contributed by atoms with van der Waals surface area (Å²) in [7, 11) is 0. The van der Waals surface area contributed by atoms with E-state index in [-0.39, 0.29) is 0 Å². The second kappa shape index (κ2) is 4.85. The number of nitrogens with two attached hydrogens (primary N) is 2. The van der Waals surface area contributed by atoms with Gasteiger partial charge in [-0.1, -0.05) is 0 Å². The van der Waals surface area contributed by atoms with Crippen LogP contribution in [0.1, 0.15) is 6.92 Å². The summed E-state index contributed by atoms with van der Waals surface area (Å²) in [6.45, 7) is 0.00979. The van der Waals surface area contributed by atoms with Gasteiger partial charge in [0.15, 0.2) is 0 Å². The van der Waals surface area contributed by atoms with Crippen molar-refractivity contribution in [3.8, 4) is 0 Å². The van der Waals surface area contributed by atoms with E-state index in [4.69, 9.17) is 26.8 Å². The maximum Gasteiger partial charge on any atom is 0.127 e. The average molecular weight is 194 g/mol. The van der Waals surface area contributed by atoms with Gasteiger partial charge in [-0.05, 0) is 6.92 Å². The minimum Gasteiger partial charge on any atom is -0.393 e. The summed E-state index contributed by atoms with van der Waals surface area (Å²) in [6.07, 6.45) is -0.917. The first-order valence-electron chi connectivity index (χ1n) is 4.02. The molecule has 8 N–H and O–H groups in total. The van der Waals surface area contributed by atoms with E-state index < -0.39 is 37.0 Å². The van der Waals surface area contributed by atoms with Gasteiger partial charge in [-0.25, -0.2) is 0 Å². The standard InChI is InChI=1S/C7H18N2O4/c1-4(12)5(8)6(9)7(13,2-10)3-11/h4-6,10-13H,2-3,8-9H2,1H3. The van der Waals surface area contributed by atoms with Crippen LogP contribution in [0.15, 0.2) is 0 Å². The van der Waals surface area contributed by atoms with E-state index >= 15 is 0 Å². The molecular weight excluding hydrogens is 176 g/mol. The highest BCUT2D eigenvalue weighted by Gasteiger charge is 2.38. The Morgan fingerprint density at radius 1 is 1.23 bits per heavy atom. The van der Waals surface area contributed by atoms with Crippen molar-refractivity contribution in [2.45, 2.75) is 30.7 Å². The largest absolute Gasteiger partial charge is 0.393 e. The molecule has 6 nitrogen and oxygen atoms in total. The Morgan fingerprint density at radius 3 is 1.85 bits per heavy atom. The highest BCUT2D eigenvalue weighted by Crippen LogP contribution is 2.11. The fraction of sp³-hybridized carbons (Fsp3) is 1.00. The second-order valence-corrected chi connectivity index (χ2v) is 3.26. The number of aliphatic hydroxyl groups is 4. The second-order valence-electron chi connectivity index (χ2n) is 3.26. The zero-order chi connectivity index (χ0) is 10.6. The molecule has 0 aromatic carbocycles. The maximum absolute atomic E-state index is 9.50. The van der Waals surface area contributed by atoms with Gasteiger partial charge in [-0.2, -0.15) is 0 Å². The van der Waals surface area contributed by atoms with Crippen molar-refractivity contribution in [1.82, 2.24) is 0 Å². The van der Waals surface area contributed by atoms with Gasteiger partial charge in [0.05, 0.1) is 25.4 Å². The number of aliphatic hydroxyl groups excluding tert-OH is 3. The number of hydrogen-bond acceptors (Lipinski definition) is 6. The quantitative estimate of drug-likeness (QED) is 0.272. The van der Waals surface area contributed by atoms with E-state index in [1.807, 2.05) is 0 Å². The van der Waals surface area contributed by atoms with Crippen molar-refractivity contribution in [3.63, 3.8) is 0 Å². The maximum atomic E-state index is 9.50. The van der Waals surface area contributed by atoms with Gasteiger partial charge >= 0.3 is 0 Å². The fourth-order valence-corrected chi connectivity index (χ4v) is 0.919. The lowest BCUT2D eigenvalue weighted by molar-refractivity contribution is -0.0835. The summed E-state index contributed by atoms with van der Waals surface area (Å²) >= 11 is 0. The Hall–Kier alpha value is -0.240. The third-order valence-corrected chi connectivity index (χ3v) is 2.14. The van der Waals surface area contributed by atoms with Crippen LogP contribution in [0.25, 0.3) is 0 Å². The van der Waals surface area contributed by atoms with Crippen LogP contribution in [0.2, 0.25) is 0 Å². The molecule has 0 aromatic heterocycles. The molecule has 0 rings (SSSR count).